The first-order chi connectivity index (χ1) is 11.6. The Bertz CT molecular complexity index is 688. The topological polar surface area (TPSA) is 41.9 Å². The van der Waals surface area contributed by atoms with E-state index in [-0.39, 0.29) is 19.1 Å². The van der Waals surface area contributed by atoms with Crippen molar-refractivity contribution in [2.75, 3.05) is 19.8 Å². The molecule has 2 saturated heterocycles. The van der Waals surface area contributed by atoms with Crippen molar-refractivity contribution >= 4 is 0 Å². The molecule has 0 amide bonds. The van der Waals surface area contributed by atoms with Gasteiger partial charge in [-0.25, -0.2) is 4.90 Å². The van der Waals surface area contributed by atoms with Gasteiger partial charge in [-0.05, 0) is 25.0 Å². The van der Waals surface area contributed by atoms with E-state index >= 15 is 0 Å². The standard InChI is InChI=1S/C20H23NO3/c1-14-5-3-7-16(9-14)18-21-19(17-8-4-6-15(2)10-17)24-13-20(21,11-22)12-23-18/h3-10,18-19,22H,11-13H2,1-2H3/t18-,19?,20-/m0/s1. The Kier molecular flexibility index (Phi) is 3.93. The second-order valence-corrected chi connectivity index (χ2v) is 6.94. The smallest absolute Gasteiger partial charge is 0.139 e. The first-order valence-corrected chi connectivity index (χ1v) is 8.39. The molecule has 24 heavy (non-hydrogen) atoms. The van der Waals surface area contributed by atoms with Crippen LogP contribution in [-0.4, -0.2) is 35.4 Å². The van der Waals surface area contributed by atoms with Crippen LogP contribution < -0.4 is 0 Å². The maximum Gasteiger partial charge on any atom is 0.139 e. The molecule has 3 atom stereocenters. The van der Waals surface area contributed by atoms with Crippen molar-refractivity contribution in [3.8, 4) is 0 Å². The molecule has 0 radical (unpaired) electrons. The summed E-state index contributed by atoms with van der Waals surface area (Å²) in [6, 6.07) is 16.7. The van der Waals surface area contributed by atoms with E-state index in [0.29, 0.717) is 13.2 Å². The molecule has 0 aromatic heterocycles. The third-order valence-electron chi connectivity index (χ3n) is 5.02. The van der Waals surface area contributed by atoms with Crippen molar-refractivity contribution < 1.29 is 14.6 Å². The average Bonchev–Trinajstić information content (AvgIpc) is 3.12. The molecule has 2 heterocycles. The Balaban J connectivity index is 1.75. The number of fused-ring (bicyclic) bond motifs is 1. The Morgan fingerprint density at radius 3 is 1.88 bits per heavy atom. The summed E-state index contributed by atoms with van der Waals surface area (Å²) < 4.78 is 12.2. The number of benzene rings is 2. The van der Waals surface area contributed by atoms with E-state index in [2.05, 4.69) is 55.1 Å². The lowest BCUT2D eigenvalue weighted by Gasteiger charge is -2.33. The maximum atomic E-state index is 10.1. The Morgan fingerprint density at radius 1 is 0.958 bits per heavy atom. The number of hydrogen-bond acceptors (Lipinski definition) is 4. The van der Waals surface area contributed by atoms with Gasteiger partial charge in [-0.15, -0.1) is 0 Å². The van der Waals surface area contributed by atoms with Gasteiger partial charge in [-0.2, -0.15) is 0 Å². The van der Waals surface area contributed by atoms with Crippen molar-refractivity contribution in [3.05, 3.63) is 70.8 Å². The zero-order valence-electron chi connectivity index (χ0n) is 14.1. The minimum absolute atomic E-state index is 0.0254. The summed E-state index contributed by atoms with van der Waals surface area (Å²) in [4.78, 5) is 2.20. The summed E-state index contributed by atoms with van der Waals surface area (Å²) in [6.45, 7) is 5.14. The predicted octanol–water partition coefficient (Wildman–Crippen LogP) is 3.09. The van der Waals surface area contributed by atoms with Crippen LogP contribution in [0.25, 0.3) is 0 Å². The molecule has 1 unspecified atom stereocenters. The molecule has 2 fully saturated rings. The second-order valence-electron chi connectivity index (χ2n) is 6.94. The molecule has 0 bridgehead atoms. The van der Waals surface area contributed by atoms with E-state index in [0.717, 1.165) is 11.1 Å². The van der Waals surface area contributed by atoms with Crippen molar-refractivity contribution in [2.24, 2.45) is 0 Å². The zero-order chi connectivity index (χ0) is 16.7. The second kappa shape index (κ2) is 5.97. The lowest BCUT2D eigenvalue weighted by molar-refractivity contribution is -0.0630. The van der Waals surface area contributed by atoms with E-state index in [1.54, 1.807) is 0 Å². The van der Waals surface area contributed by atoms with Crippen LogP contribution in [0.4, 0.5) is 0 Å². The third-order valence-corrected chi connectivity index (χ3v) is 5.02. The zero-order valence-corrected chi connectivity index (χ0v) is 14.1. The highest BCUT2D eigenvalue weighted by molar-refractivity contribution is 5.29. The molecule has 126 valence electrons. The van der Waals surface area contributed by atoms with E-state index in [1.807, 2.05) is 12.1 Å². The van der Waals surface area contributed by atoms with Crippen LogP contribution in [0.3, 0.4) is 0 Å². The summed E-state index contributed by atoms with van der Waals surface area (Å²) in [6.07, 6.45) is -0.407. The molecule has 4 heteroatoms. The van der Waals surface area contributed by atoms with Gasteiger partial charge in [0.2, 0.25) is 0 Å². The van der Waals surface area contributed by atoms with Crippen LogP contribution in [0.15, 0.2) is 48.5 Å². The molecule has 2 aromatic carbocycles. The normalized spacial score (nSPS) is 29.8. The van der Waals surface area contributed by atoms with Gasteiger partial charge in [0.1, 0.15) is 12.5 Å². The predicted molar refractivity (Wildman–Crippen MR) is 91.4 cm³/mol. The molecule has 0 aliphatic carbocycles. The van der Waals surface area contributed by atoms with Gasteiger partial charge in [0, 0.05) is 0 Å². The Hall–Kier alpha value is -1.72. The van der Waals surface area contributed by atoms with Gasteiger partial charge in [0.25, 0.3) is 0 Å². The molecule has 2 aliphatic heterocycles. The van der Waals surface area contributed by atoms with Crippen LogP contribution in [-0.2, 0) is 9.47 Å². The fourth-order valence-electron chi connectivity index (χ4n) is 3.77. The number of hydrogen-bond donors (Lipinski definition) is 1. The Morgan fingerprint density at radius 2 is 1.46 bits per heavy atom. The summed E-state index contributed by atoms with van der Waals surface area (Å²) in [5.41, 5.74) is 4.14. The van der Waals surface area contributed by atoms with Crippen molar-refractivity contribution in [1.82, 2.24) is 4.90 Å². The van der Waals surface area contributed by atoms with Crippen LogP contribution in [0.5, 0.6) is 0 Å². The number of nitrogens with zero attached hydrogens (tertiary/aromatic N) is 1. The molecule has 0 saturated carbocycles. The van der Waals surface area contributed by atoms with Crippen LogP contribution in [0.1, 0.15) is 34.7 Å². The molecule has 1 N–H and O–H groups in total. The summed E-state index contributed by atoms with van der Waals surface area (Å²) in [5.74, 6) is 0. The molecule has 4 nitrogen and oxygen atoms in total. The van der Waals surface area contributed by atoms with Gasteiger partial charge in [-0.3, -0.25) is 0 Å². The van der Waals surface area contributed by atoms with Gasteiger partial charge in [0.15, 0.2) is 0 Å². The molecule has 2 aromatic rings. The summed E-state index contributed by atoms with van der Waals surface area (Å²) in [5, 5.41) is 10.1. The van der Waals surface area contributed by atoms with Gasteiger partial charge < -0.3 is 14.6 Å². The number of ether oxygens (including phenoxy) is 2. The molecular formula is C20H23NO3. The van der Waals surface area contributed by atoms with E-state index in [4.69, 9.17) is 9.47 Å². The monoisotopic (exact) mass is 325 g/mol. The molecule has 4 rings (SSSR count). The fourth-order valence-corrected chi connectivity index (χ4v) is 3.77. The van der Waals surface area contributed by atoms with Crippen molar-refractivity contribution in [3.63, 3.8) is 0 Å². The van der Waals surface area contributed by atoms with Crippen molar-refractivity contribution in [2.45, 2.75) is 31.8 Å². The lowest BCUT2D eigenvalue weighted by atomic mass is 10.0. The average molecular weight is 325 g/mol. The van der Waals surface area contributed by atoms with E-state index in [9.17, 15) is 5.11 Å². The van der Waals surface area contributed by atoms with Crippen LogP contribution in [0.2, 0.25) is 0 Å². The maximum absolute atomic E-state index is 10.1. The summed E-state index contributed by atoms with van der Waals surface area (Å²) >= 11 is 0. The fraction of sp³-hybridized carbons (Fsp3) is 0.400. The highest BCUT2D eigenvalue weighted by Gasteiger charge is 2.56. The minimum Gasteiger partial charge on any atom is -0.394 e. The highest BCUT2D eigenvalue weighted by atomic mass is 16.6. The highest BCUT2D eigenvalue weighted by Crippen LogP contribution is 2.48. The lowest BCUT2D eigenvalue weighted by Crippen LogP contribution is -2.47. The van der Waals surface area contributed by atoms with E-state index < -0.39 is 5.54 Å². The van der Waals surface area contributed by atoms with Gasteiger partial charge in [-0.1, -0.05) is 59.7 Å². The first-order valence-electron chi connectivity index (χ1n) is 8.39. The largest absolute Gasteiger partial charge is 0.394 e. The minimum atomic E-state index is -0.469. The summed E-state index contributed by atoms with van der Waals surface area (Å²) in [7, 11) is 0. The quantitative estimate of drug-likeness (QED) is 0.942. The van der Waals surface area contributed by atoms with Crippen LogP contribution in [0, 0.1) is 13.8 Å². The van der Waals surface area contributed by atoms with Gasteiger partial charge >= 0.3 is 0 Å². The number of rotatable bonds is 3. The Labute approximate surface area is 142 Å². The van der Waals surface area contributed by atoms with Crippen LogP contribution >= 0.6 is 0 Å². The first kappa shape index (κ1) is 15.8. The number of aliphatic hydroxyl groups is 1. The number of aryl methyl sites for hydroxylation is 2. The molecule has 2 aliphatic rings. The van der Waals surface area contributed by atoms with Gasteiger partial charge in [0.05, 0.1) is 25.4 Å². The third kappa shape index (κ3) is 2.47. The van der Waals surface area contributed by atoms with Crippen molar-refractivity contribution in [1.29, 1.82) is 0 Å². The number of aliphatic hydroxyl groups excluding tert-OH is 1. The van der Waals surface area contributed by atoms with E-state index in [1.165, 1.54) is 11.1 Å². The molecule has 0 spiro atoms. The molecular weight excluding hydrogens is 302 g/mol. The SMILES string of the molecule is Cc1cccc(C2OC[C@]3(CO)CO[C@@H](c4cccc(C)c4)N23)c1.